The number of phenols is 1. The molecule has 3 aromatic carbocycles. The SMILES string of the molecule is CCc1ccc(-c2cc3c(N)n[nH]c3cc2-c2ccc(O)cc2)cc1. The number of fused-ring (bicyclic) bond motifs is 1. The molecule has 0 atom stereocenters. The minimum absolute atomic E-state index is 0.254. The van der Waals surface area contributed by atoms with Crippen molar-refractivity contribution in [3.63, 3.8) is 0 Å². The van der Waals surface area contributed by atoms with Crippen molar-refractivity contribution in [2.45, 2.75) is 13.3 Å². The third kappa shape index (κ3) is 2.72. The summed E-state index contributed by atoms with van der Waals surface area (Å²) in [5.74, 6) is 0.753. The Morgan fingerprint density at radius 1 is 0.920 bits per heavy atom. The van der Waals surface area contributed by atoms with E-state index < -0.39 is 0 Å². The number of hydrogen-bond acceptors (Lipinski definition) is 3. The van der Waals surface area contributed by atoms with E-state index in [1.54, 1.807) is 12.1 Å². The lowest BCUT2D eigenvalue weighted by Crippen LogP contribution is -1.89. The van der Waals surface area contributed by atoms with Crippen molar-refractivity contribution in [1.82, 2.24) is 10.2 Å². The number of aromatic hydroxyl groups is 1. The fraction of sp³-hybridized carbons (Fsp3) is 0.0952. The number of aryl methyl sites for hydroxylation is 1. The van der Waals surface area contributed by atoms with Crippen molar-refractivity contribution in [1.29, 1.82) is 0 Å². The number of aromatic amines is 1. The van der Waals surface area contributed by atoms with E-state index in [2.05, 4.69) is 53.5 Å². The highest BCUT2D eigenvalue weighted by atomic mass is 16.3. The van der Waals surface area contributed by atoms with Crippen LogP contribution in [0.3, 0.4) is 0 Å². The first-order chi connectivity index (χ1) is 12.2. The van der Waals surface area contributed by atoms with Gasteiger partial charge in [-0.1, -0.05) is 43.3 Å². The van der Waals surface area contributed by atoms with Crippen LogP contribution in [0.2, 0.25) is 0 Å². The zero-order chi connectivity index (χ0) is 17.4. The van der Waals surface area contributed by atoms with Crippen LogP contribution in [0.1, 0.15) is 12.5 Å². The molecule has 0 spiro atoms. The Morgan fingerprint density at radius 3 is 2.16 bits per heavy atom. The molecule has 4 nitrogen and oxygen atoms in total. The Morgan fingerprint density at radius 2 is 1.52 bits per heavy atom. The van der Waals surface area contributed by atoms with Gasteiger partial charge in [0, 0.05) is 5.39 Å². The van der Waals surface area contributed by atoms with E-state index in [1.165, 1.54) is 5.56 Å². The van der Waals surface area contributed by atoms with E-state index in [0.717, 1.165) is 39.6 Å². The van der Waals surface area contributed by atoms with Crippen molar-refractivity contribution >= 4 is 16.7 Å². The Labute approximate surface area is 145 Å². The van der Waals surface area contributed by atoms with E-state index >= 15 is 0 Å². The molecule has 4 N–H and O–H groups in total. The molecule has 0 aliphatic heterocycles. The van der Waals surface area contributed by atoms with E-state index in [0.29, 0.717) is 5.82 Å². The average molecular weight is 329 g/mol. The minimum atomic E-state index is 0.254. The molecule has 4 heteroatoms. The van der Waals surface area contributed by atoms with Crippen LogP contribution in [0.5, 0.6) is 5.75 Å². The summed E-state index contributed by atoms with van der Waals surface area (Å²) >= 11 is 0. The average Bonchev–Trinajstić information content (AvgIpc) is 3.02. The van der Waals surface area contributed by atoms with Gasteiger partial charge in [0.05, 0.1) is 5.52 Å². The van der Waals surface area contributed by atoms with Crippen molar-refractivity contribution < 1.29 is 5.11 Å². The van der Waals surface area contributed by atoms with E-state index in [9.17, 15) is 5.11 Å². The second-order valence-corrected chi connectivity index (χ2v) is 6.15. The van der Waals surface area contributed by atoms with Gasteiger partial charge in [-0.25, -0.2) is 0 Å². The fourth-order valence-corrected chi connectivity index (χ4v) is 3.12. The van der Waals surface area contributed by atoms with Crippen LogP contribution in [-0.2, 0) is 6.42 Å². The summed E-state index contributed by atoms with van der Waals surface area (Å²) in [6.45, 7) is 2.15. The van der Waals surface area contributed by atoms with Gasteiger partial charge in [-0.2, -0.15) is 5.10 Å². The summed E-state index contributed by atoms with van der Waals surface area (Å²) in [5, 5.41) is 17.6. The third-order valence-corrected chi connectivity index (χ3v) is 4.58. The molecule has 0 aliphatic rings. The molecule has 1 aromatic heterocycles. The fourth-order valence-electron chi connectivity index (χ4n) is 3.12. The highest BCUT2D eigenvalue weighted by molar-refractivity contribution is 5.99. The van der Waals surface area contributed by atoms with Crippen molar-refractivity contribution in [2.24, 2.45) is 0 Å². The number of anilines is 1. The van der Waals surface area contributed by atoms with E-state index in [-0.39, 0.29) is 5.75 Å². The standard InChI is InChI=1S/C21H19N3O/c1-2-13-3-5-14(6-4-13)17-11-19-20(23-24-21(19)22)12-18(17)15-7-9-16(25)10-8-15/h3-12,25H,2H2,1H3,(H3,22,23,24). The molecule has 1 heterocycles. The van der Waals surface area contributed by atoms with Gasteiger partial charge in [0.1, 0.15) is 5.75 Å². The Bertz CT molecular complexity index is 1030. The zero-order valence-corrected chi connectivity index (χ0v) is 14.0. The summed E-state index contributed by atoms with van der Waals surface area (Å²) in [5.41, 5.74) is 12.5. The van der Waals surface area contributed by atoms with Gasteiger partial charge >= 0.3 is 0 Å². The van der Waals surface area contributed by atoms with Gasteiger partial charge in [0.15, 0.2) is 5.82 Å². The maximum Gasteiger partial charge on any atom is 0.153 e. The molecule has 0 unspecified atom stereocenters. The van der Waals surface area contributed by atoms with Crippen molar-refractivity contribution in [3.05, 3.63) is 66.2 Å². The lowest BCUT2D eigenvalue weighted by Gasteiger charge is -2.12. The Kier molecular flexibility index (Phi) is 3.65. The molecule has 4 rings (SSSR count). The number of aromatic nitrogens is 2. The second-order valence-electron chi connectivity index (χ2n) is 6.15. The summed E-state index contributed by atoms with van der Waals surface area (Å²) in [4.78, 5) is 0. The Hall–Kier alpha value is -3.27. The van der Waals surface area contributed by atoms with Gasteiger partial charge in [0.25, 0.3) is 0 Å². The predicted molar refractivity (Wildman–Crippen MR) is 102 cm³/mol. The molecule has 4 aromatic rings. The van der Waals surface area contributed by atoms with Gasteiger partial charge in [0.2, 0.25) is 0 Å². The normalized spacial score (nSPS) is 11.1. The van der Waals surface area contributed by atoms with Gasteiger partial charge in [-0.15, -0.1) is 0 Å². The Balaban J connectivity index is 1.96. The monoisotopic (exact) mass is 329 g/mol. The number of hydrogen-bond donors (Lipinski definition) is 3. The lowest BCUT2D eigenvalue weighted by atomic mass is 9.92. The maximum absolute atomic E-state index is 9.59. The number of nitrogen functional groups attached to an aromatic ring is 1. The largest absolute Gasteiger partial charge is 0.508 e. The molecule has 0 fully saturated rings. The van der Waals surface area contributed by atoms with Gasteiger partial charge in [-0.05, 0) is 58.5 Å². The van der Waals surface area contributed by atoms with Crippen LogP contribution in [0, 0.1) is 0 Å². The van der Waals surface area contributed by atoms with Crippen molar-refractivity contribution in [2.75, 3.05) is 5.73 Å². The van der Waals surface area contributed by atoms with E-state index in [1.807, 2.05) is 12.1 Å². The predicted octanol–water partition coefficient (Wildman–Crippen LogP) is 4.75. The molecule has 0 amide bonds. The van der Waals surface area contributed by atoms with Gasteiger partial charge < -0.3 is 10.8 Å². The molecule has 0 saturated carbocycles. The van der Waals surface area contributed by atoms with Crippen LogP contribution in [0.15, 0.2) is 60.7 Å². The van der Waals surface area contributed by atoms with Gasteiger partial charge in [-0.3, -0.25) is 5.10 Å². The molecule has 124 valence electrons. The first-order valence-corrected chi connectivity index (χ1v) is 8.32. The molecule has 0 saturated heterocycles. The number of nitrogens with one attached hydrogen (secondary N) is 1. The molecule has 0 aliphatic carbocycles. The number of H-pyrrole nitrogens is 1. The smallest absolute Gasteiger partial charge is 0.153 e. The van der Waals surface area contributed by atoms with E-state index in [4.69, 9.17) is 5.73 Å². The van der Waals surface area contributed by atoms with Crippen LogP contribution in [-0.4, -0.2) is 15.3 Å². The summed E-state index contributed by atoms with van der Waals surface area (Å²) < 4.78 is 0. The quantitative estimate of drug-likeness (QED) is 0.508. The lowest BCUT2D eigenvalue weighted by molar-refractivity contribution is 0.475. The summed E-state index contributed by atoms with van der Waals surface area (Å²) in [6.07, 6.45) is 1.01. The third-order valence-electron chi connectivity index (χ3n) is 4.58. The molecule has 0 bridgehead atoms. The van der Waals surface area contributed by atoms with Crippen LogP contribution in [0.4, 0.5) is 5.82 Å². The summed E-state index contributed by atoms with van der Waals surface area (Å²) in [6, 6.07) is 20.0. The molecule has 0 radical (unpaired) electrons. The first kappa shape index (κ1) is 15.3. The molecular formula is C21H19N3O. The minimum Gasteiger partial charge on any atom is -0.508 e. The van der Waals surface area contributed by atoms with Crippen LogP contribution in [0.25, 0.3) is 33.2 Å². The number of benzene rings is 3. The number of rotatable bonds is 3. The summed E-state index contributed by atoms with van der Waals surface area (Å²) in [7, 11) is 0. The topological polar surface area (TPSA) is 74.9 Å². The molecular weight excluding hydrogens is 310 g/mol. The second kappa shape index (κ2) is 5.98. The maximum atomic E-state index is 9.59. The molecule has 25 heavy (non-hydrogen) atoms. The number of nitrogens with two attached hydrogens (primary N) is 1. The van der Waals surface area contributed by atoms with Crippen LogP contribution < -0.4 is 5.73 Å². The van der Waals surface area contributed by atoms with Crippen LogP contribution >= 0.6 is 0 Å². The number of nitrogens with zero attached hydrogens (tertiary/aromatic N) is 1. The highest BCUT2D eigenvalue weighted by Gasteiger charge is 2.13. The highest BCUT2D eigenvalue weighted by Crippen LogP contribution is 2.37. The first-order valence-electron chi connectivity index (χ1n) is 8.32. The zero-order valence-electron chi connectivity index (χ0n) is 14.0. The van der Waals surface area contributed by atoms with Crippen molar-refractivity contribution in [3.8, 4) is 28.0 Å². The number of phenolic OH excluding ortho intramolecular Hbond substituents is 1.